The first-order valence-corrected chi connectivity index (χ1v) is 9.62. The quantitative estimate of drug-likeness (QED) is 0.491. The van der Waals surface area contributed by atoms with E-state index < -0.39 is 11.5 Å². The van der Waals surface area contributed by atoms with Crippen LogP contribution in [0.15, 0.2) is 77.7 Å². The number of nitriles is 2. The number of hydrogen-bond donors (Lipinski definition) is 0. The molecule has 0 amide bonds. The Kier molecular flexibility index (Phi) is 5.30. The van der Waals surface area contributed by atoms with Crippen molar-refractivity contribution >= 4 is 22.4 Å². The average molecular weight is 411 g/mol. The number of benzene rings is 3. The Morgan fingerprint density at radius 1 is 1.03 bits per heavy atom. The van der Waals surface area contributed by atoms with Crippen LogP contribution in [0, 0.1) is 22.7 Å². The number of rotatable bonds is 4. The van der Waals surface area contributed by atoms with Crippen molar-refractivity contribution in [3.63, 3.8) is 0 Å². The second-order valence-corrected chi connectivity index (χ2v) is 7.21. The van der Waals surface area contributed by atoms with Gasteiger partial charge >= 0.3 is 0 Å². The Bertz CT molecular complexity index is 1390. The predicted octanol–water partition coefficient (Wildman–Crippen LogP) is 4.63. The second-order valence-electron chi connectivity index (χ2n) is 6.81. The van der Waals surface area contributed by atoms with Crippen LogP contribution in [0.3, 0.4) is 0 Å². The number of halogens is 1. The lowest BCUT2D eigenvalue weighted by molar-refractivity contribution is 0.631. The van der Waals surface area contributed by atoms with Gasteiger partial charge in [0.05, 0.1) is 41.0 Å². The van der Waals surface area contributed by atoms with Gasteiger partial charge in [-0.2, -0.15) is 15.6 Å². The first kappa shape index (κ1) is 19.4. The summed E-state index contributed by atoms with van der Waals surface area (Å²) in [7, 11) is 0. The monoisotopic (exact) mass is 410 g/mol. The first-order chi connectivity index (χ1) is 14.6. The molecule has 1 atom stereocenters. The molecule has 144 valence electrons. The fourth-order valence-electron chi connectivity index (χ4n) is 3.54. The van der Waals surface area contributed by atoms with E-state index in [2.05, 4.69) is 17.2 Å². The van der Waals surface area contributed by atoms with E-state index >= 15 is 0 Å². The van der Waals surface area contributed by atoms with Crippen molar-refractivity contribution in [3.05, 3.63) is 111 Å². The van der Waals surface area contributed by atoms with E-state index in [1.807, 2.05) is 42.5 Å². The number of hydrogen-bond acceptors (Lipinski definition) is 4. The van der Waals surface area contributed by atoms with Crippen LogP contribution < -0.4 is 5.56 Å². The molecule has 6 heteroatoms. The lowest BCUT2D eigenvalue weighted by atomic mass is 9.92. The van der Waals surface area contributed by atoms with Crippen LogP contribution in [0.25, 0.3) is 10.8 Å². The van der Waals surface area contributed by atoms with E-state index in [1.54, 1.807) is 24.3 Å². The zero-order valence-electron chi connectivity index (χ0n) is 15.8. The van der Waals surface area contributed by atoms with Crippen LogP contribution in [0.5, 0.6) is 0 Å². The lowest BCUT2D eigenvalue weighted by Gasteiger charge is -2.14. The number of nitrogens with zero attached hydrogens (tertiary/aromatic N) is 4. The molecule has 0 saturated carbocycles. The van der Waals surface area contributed by atoms with Crippen LogP contribution in [0.4, 0.5) is 0 Å². The van der Waals surface area contributed by atoms with Gasteiger partial charge in [-0.25, -0.2) is 4.68 Å². The van der Waals surface area contributed by atoms with Crippen LogP contribution in [0.2, 0.25) is 5.02 Å². The molecular formula is C24H15ClN4O. The predicted molar refractivity (Wildman–Crippen MR) is 115 cm³/mol. The fraction of sp³-hybridized carbons (Fsp3) is 0.0833. The highest BCUT2D eigenvalue weighted by atomic mass is 35.5. The van der Waals surface area contributed by atoms with E-state index in [1.165, 1.54) is 10.9 Å². The van der Waals surface area contributed by atoms with Gasteiger partial charge in [-0.05, 0) is 34.0 Å². The maximum absolute atomic E-state index is 13.3. The molecule has 0 spiro atoms. The summed E-state index contributed by atoms with van der Waals surface area (Å²) in [6.45, 7) is 0.251. The third-order valence-electron chi connectivity index (χ3n) is 5.00. The molecule has 0 radical (unpaired) electrons. The third-order valence-corrected chi connectivity index (χ3v) is 5.30. The standard InChI is InChI=1S/C24H15ClN4O/c25-22-14-28-29(15-19-9-4-7-17-6-1-2-10-20(17)19)24(30)23(22)21(13-27)18-8-3-5-16(11-18)12-26/h1-11,14,21H,15H2. The van der Waals surface area contributed by atoms with E-state index in [4.69, 9.17) is 16.9 Å². The Morgan fingerprint density at radius 3 is 2.60 bits per heavy atom. The summed E-state index contributed by atoms with van der Waals surface area (Å²) in [5.74, 6) is -0.903. The normalized spacial score (nSPS) is 11.6. The van der Waals surface area contributed by atoms with Gasteiger partial charge in [-0.15, -0.1) is 0 Å². The molecule has 0 aliphatic rings. The molecule has 0 bridgehead atoms. The molecule has 0 saturated heterocycles. The van der Waals surface area contributed by atoms with E-state index in [0.717, 1.165) is 16.3 Å². The Morgan fingerprint density at radius 2 is 1.80 bits per heavy atom. The van der Waals surface area contributed by atoms with Gasteiger partial charge < -0.3 is 0 Å². The molecule has 5 nitrogen and oxygen atoms in total. The van der Waals surface area contributed by atoms with Crippen LogP contribution >= 0.6 is 11.6 Å². The molecule has 0 N–H and O–H groups in total. The zero-order valence-corrected chi connectivity index (χ0v) is 16.5. The van der Waals surface area contributed by atoms with Crippen LogP contribution in [-0.4, -0.2) is 9.78 Å². The average Bonchev–Trinajstić information content (AvgIpc) is 2.78. The topological polar surface area (TPSA) is 82.5 Å². The minimum atomic E-state index is -0.903. The summed E-state index contributed by atoms with van der Waals surface area (Å²) in [4.78, 5) is 13.3. The maximum atomic E-state index is 13.3. The summed E-state index contributed by atoms with van der Waals surface area (Å²) in [5.41, 5.74) is 1.62. The molecule has 4 rings (SSSR count). The van der Waals surface area contributed by atoms with Gasteiger partial charge in [0, 0.05) is 0 Å². The van der Waals surface area contributed by atoms with E-state index in [0.29, 0.717) is 11.1 Å². The summed E-state index contributed by atoms with van der Waals surface area (Å²) in [6.07, 6.45) is 1.39. The molecule has 4 aromatic rings. The molecule has 0 aliphatic heterocycles. The van der Waals surface area contributed by atoms with Gasteiger partial charge in [-0.1, -0.05) is 66.2 Å². The Balaban J connectivity index is 1.81. The van der Waals surface area contributed by atoms with Crippen molar-refractivity contribution < 1.29 is 0 Å². The van der Waals surface area contributed by atoms with E-state index in [9.17, 15) is 10.1 Å². The van der Waals surface area contributed by atoms with Crippen molar-refractivity contribution in [1.82, 2.24) is 9.78 Å². The van der Waals surface area contributed by atoms with Gasteiger partial charge in [0.2, 0.25) is 0 Å². The summed E-state index contributed by atoms with van der Waals surface area (Å²) in [6, 6.07) is 24.6. The lowest BCUT2D eigenvalue weighted by Crippen LogP contribution is -2.28. The summed E-state index contributed by atoms with van der Waals surface area (Å²) >= 11 is 6.30. The summed E-state index contributed by atoms with van der Waals surface area (Å²) < 4.78 is 1.32. The molecule has 1 unspecified atom stereocenters. The van der Waals surface area contributed by atoms with Gasteiger partial charge in [0.25, 0.3) is 5.56 Å². The molecule has 3 aromatic carbocycles. The van der Waals surface area contributed by atoms with Crippen molar-refractivity contribution in [3.8, 4) is 12.1 Å². The highest BCUT2D eigenvalue weighted by molar-refractivity contribution is 6.31. The highest BCUT2D eigenvalue weighted by Crippen LogP contribution is 2.27. The van der Waals surface area contributed by atoms with Gasteiger partial charge in [0.1, 0.15) is 5.92 Å². The second kappa shape index (κ2) is 8.21. The molecule has 1 heterocycles. The number of fused-ring (bicyclic) bond motifs is 1. The van der Waals surface area contributed by atoms with Crippen molar-refractivity contribution in [2.45, 2.75) is 12.5 Å². The molecule has 0 fully saturated rings. The minimum Gasteiger partial charge on any atom is -0.267 e. The molecule has 0 aliphatic carbocycles. The van der Waals surface area contributed by atoms with Gasteiger partial charge in [0.15, 0.2) is 0 Å². The maximum Gasteiger partial charge on any atom is 0.273 e. The van der Waals surface area contributed by atoms with Crippen LogP contribution in [-0.2, 0) is 6.54 Å². The van der Waals surface area contributed by atoms with Gasteiger partial charge in [-0.3, -0.25) is 4.79 Å². The fourth-order valence-corrected chi connectivity index (χ4v) is 3.78. The minimum absolute atomic E-state index is 0.128. The van der Waals surface area contributed by atoms with Crippen molar-refractivity contribution in [2.75, 3.05) is 0 Å². The Hall–Kier alpha value is -3.93. The Labute approximate surface area is 178 Å². The van der Waals surface area contributed by atoms with Crippen molar-refractivity contribution in [2.24, 2.45) is 0 Å². The van der Waals surface area contributed by atoms with Crippen LogP contribution in [0.1, 0.15) is 28.2 Å². The SMILES string of the molecule is N#Cc1cccc(C(C#N)c2c(Cl)cnn(Cc3cccc4ccccc34)c2=O)c1. The highest BCUT2D eigenvalue weighted by Gasteiger charge is 2.23. The molecule has 30 heavy (non-hydrogen) atoms. The third kappa shape index (κ3) is 3.55. The van der Waals surface area contributed by atoms with Crippen molar-refractivity contribution in [1.29, 1.82) is 10.5 Å². The smallest absolute Gasteiger partial charge is 0.267 e. The summed E-state index contributed by atoms with van der Waals surface area (Å²) in [5, 5.41) is 25.4. The number of aromatic nitrogens is 2. The van der Waals surface area contributed by atoms with E-state index in [-0.39, 0.29) is 17.1 Å². The largest absolute Gasteiger partial charge is 0.273 e. The zero-order chi connectivity index (χ0) is 21.1. The first-order valence-electron chi connectivity index (χ1n) is 9.24. The molecular weight excluding hydrogens is 396 g/mol. The molecule has 1 aromatic heterocycles.